The highest BCUT2D eigenvalue weighted by Crippen LogP contribution is 2.31. The van der Waals surface area contributed by atoms with Crippen molar-refractivity contribution in [1.29, 1.82) is 0 Å². The van der Waals surface area contributed by atoms with Crippen molar-refractivity contribution in [3.8, 4) is 0 Å². The zero-order valence-corrected chi connectivity index (χ0v) is 16.4. The second-order valence-corrected chi connectivity index (χ2v) is 7.37. The number of rotatable bonds is 5. The van der Waals surface area contributed by atoms with Gasteiger partial charge in [0.2, 0.25) is 5.91 Å². The van der Waals surface area contributed by atoms with Crippen molar-refractivity contribution in [2.45, 2.75) is 31.8 Å². The van der Waals surface area contributed by atoms with Crippen LogP contribution in [0.15, 0.2) is 24.3 Å². The summed E-state index contributed by atoms with van der Waals surface area (Å²) in [5.41, 5.74) is 6.08. The zero-order valence-electron chi connectivity index (χ0n) is 15.6. The molecule has 0 aromatic heterocycles. The third kappa shape index (κ3) is 5.29. The molecule has 1 aromatic rings. The Bertz CT molecular complexity index is 718. The molecular weight excluding hydrogens is 382 g/mol. The second kappa shape index (κ2) is 9.65. The van der Waals surface area contributed by atoms with Gasteiger partial charge >= 0.3 is 0 Å². The summed E-state index contributed by atoms with van der Waals surface area (Å²) in [6.45, 7) is 2.58. The number of hydrogen-bond donors (Lipinski definition) is 3. The Kier molecular flexibility index (Phi) is 6.99. The Hall–Kier alpha value is -2.46. The number of carbonyl (C=O) groups excluding carboxylic acids is 1. The average Bonchev–Trinajstić information content (AvgIpc) is 3.24. The molecule has 2 fully saturated rings. The molecule has 3 N–H and O–H groups in total. The van der Waals surface area contributed by atoms with E-state index >= 15 is 0 Å². The van der Waals surface area contributed by atoms with Crippen LogP contribution in [0.2, 0.25) is 0 Å². The number of amides is 1. The largest absolute Gasteiger partial charge is 0.376 e. The first-order valence-corrected chi connectivity index (χ1v) is 9.89. The number of ether oxygens (including phenoxy) is 1. The van der Waals surface area contributed by atoms with Crippen LogP contribution in [0.3, 0.4) is 0 Å². The number of hydrazine groups is 1. The van der Waals surface area contributed by atoms with Crippen molar-refractivity contribution < 1.29 is 14.5 Å². The van der Waals surface area contributed by atoms with Crippen LogP contribution in [-0.2, 0) is 9.53 Å². The summed E-state index contributed by atoms with van der Waals surface area (Å²) >= 11 is 5.17. The number of benzene rings is 1. The lowest BCUT2D eigenvalue weighted by Gasteiger charge is -2.32. The maximum Gasteiger partial charge on any atom is 0.292 e. The third-order valence-electron chi connectivity index (χ3n) is 5.10. The number of hydrogen-bond acceptors (Lipinski definition) is 6. The van der Waals surface area contributed by atoms with E-state index in [-0.39, 0.29) is 28.5 Å². The fourth-order valence-electron chi connectivity index (χ4n) is 3.55. The fourth-order valence-corrected chi connectivity index (χ4v) is 3.68. The number of para-hydroxylation sites is 2. The van der Waals surface area contributed by atoms with Crippen LogP contribution in [0.4, 0.5) is 11.4 Å². The quantitative estimate of drug-likeness (QED) is 0.383. The van der Waals surface area contributed by atoms with Crippen LogP contribution in [0.5, 0.6) is 0 Å². The summed E-state index contributed by atoms with van der Waals surface area (Å²) in [5.74, 6) is -0.282. The molecule has 0 spiro atoms. The SMILES string of the molecule is O=C(NNC(=S)NCC1CCCO1)C1CCN(c2ccccc2[N+](=O)[O-])CC1. The molecular formula is C18H25N5O4S. The Morgan fingerprint density at radius 2 is 2.00 bits per heavy atom. The van der Waals surface area contributed by atoms with Gasteiger partial charge in [0.25, 0.3) is 5.69 Å². The molecule has 10 heteroatoms. The van der Waals surface area contributed by atoms with Gasteiger partial charge in [-0.3, -0.25) is 25.8 Å². The summed E-state index contributed by atoms with van der Waals surface area (Å²) in [7, 11) is 0. The van der Waals surface area contributed by atoms with Gasteiger partial charge in [-0.05, 0) is 44.0 Å². The summed E-state index contributed by atoms with van der Waals surface area (Å²) in [5, 5.41) is 14.6. The molecule has 0 aliphatic carbocycles. The molecule has 2 aliphatic rings. The first-order chi connectivity index (χ1) is 13.5. The Labute approximate surface area is 168 Å². The molecule has 1 atom stereocenters. The molecule has 152 valence electrons. The van der Waals surface area contributed by atoms with Crippen molar-refractivity contribution in [3.63, 3.8) is 0 Å². The normalized spacial score (nSPS) is 19.9. The molecule has 2 aliphatic heterocycles. The number of nitrogens with zero attached hydrogens (tertiary/aromatic N) is 2. The van der Waals surface area contributed by atoms with Crippen LogP contribution in [0, 0.1) is 16.0 Å². The second-order valence-electron chi connectivity index (χ2n) is 6.97. The van der Waals surface area contributed by atoms with Gasteiger partial charge in [-0.1, -0.05) is 12.1 Å². The first kappa shape index (κ1) is 20.3. The summed E-state index contributed by atoms with van der Waals surface area (Å²) in [6.07, 6.45) is 3.49. The van der Waals surface area contributed by atoms with Gasteiger partial charge in [0.15, 0.2) is 5.11 Å². The van der Waals surface area contributed by atoms with Crippen molar-refractivity contribution in [2.24, 2.45) is 5.92 Å². The van der Waals surface area contributed by atoms with E-state index in [0.29, 0.717) is 43.3 Å². The van der Waals surface area contributed by atoms with Crippen molar-refractivity contribution in [1.82, 2.24) is 16.2 Å². The minimum absolute atomic E-state index is 0.0923. The Balaban J connectivity index is 1.41. The number of nitro benzene ring substituents is 1. The molecule has 2 saturated heterocycles. The maximum absolute atomic E-state index is 12.4. The van der Waals surface area contributed by atoms with Crippen LogP contribution in [0.25, 0.3) is 0 Å². The van der Waals surface area contributed by atoms with Crippen LogP contribution in [-0.4, -0.2) is 48.3 Å². The first-order valence-electron chi connectivity index (χ1n) is 9.48. The summed E-state index contributed by atoms with van der Waals surface area (Å²) < 4.78 is 5.51. The summed E-state index contributed by atoms with van der Waals surface area (Å²) in [4.78, 5) is 25.2. The lowest BCUT2D eigenvalue weighted by Crippen LogP contribution is -2.51. The van der Waals surface area contributed by atoms with Crippen LogP contribution >= 0.6 is 12.2 Å². The van der Waals surface area contributed by atoms with E-state index in [1.54, 1.807) is 18.2 Å². The molecule has 0 saturated carbocycles. The van der Waals surface area contributed by atoms with E-state index in [1.165, 1.54) is 6.07 Å². The van der Waals surface area contributed by atoms with Gasteiger partial charge in [-0.25, -0.2) is 0 Å². The molecule has 1 unspecified atom stereocenters. The smallest absolute Gasteiger partial charge is 0.292 e. The van der Waals surface area contributed by atoms with Crippen molar-refractivity contribution in [3.05, 3.63) is 34.4 Å². The van der Waals surface area contributed by atoms with E-state index in [2.05, 4.69) is 16.2 Å². The van der Waals surface area contributed by atoms with Gasteiger partial charge in [0, 0.05) is 38.2 Å². The van der Waals surface area contributed by atoms with Crippen molar-refractivity contribution >= 4 is 34.6 Å². The molecule has 0 bridgehead atoms. The molecule has 28 heavy (non-hydrogen) atoms. The number of nitro groups is 1. The fraction of sp³-hybridized carbons (Fsp3) is 0.556. The molecule has 1 aromatic carbocycles. The van der Waals surface area contributed by atoms with E-state index in [9.17, 15) is 14.9 Å². The van der Waals surface area contributed by atoms with E-state index in [1.807, 2.05) is 4.90 Å². The molecule has 2 heterocycles. The lowest BCUT2D eigenvalue weighted by molar-refractivity contribution is -0.384. The Morgan fingerprint density at radius 1 is 1.25 bits per heavy atom. The minimum Gasteiger partial charge on any atom is -0.376 e. The van der Waals surface area contributed by atoms with Gasteiger partial charge in [0.1, 0.15) is 5.69 Å². The summed E-state index contributed by atoms with van der Waals surface area (Å²) in [6, 6.07) is 6.69. The highest BCUT2D eigenvalue weighted by Gasteiger charge is 2.28. The van der Waals surface area contributed by atoms with Crippen LogP contribution < -0.4 is 21.1 Å². The van der Waals surface area contributed by atoms with Crippen molar-refractivity contribution in [2.75, 3.05) is 31.1 Å². The number of piperidine rings is 1. The standard InChI is InChI=1S/C18H25N5O4S/c24-17(20-21-18(28)19-12-14-4-3-11-27-14)13-7-9-22(10-8-13)15-5-1-2-6-16(15)23(25)26/h1-2,5-6,13-14H,3-4,7-12H2,(H,20,24)(H2,19,21,28). The molecule has 1 amide bonds. The highest BCUT2D eigenvalue weighted by atomic mass is 32.1. The number of nitrogens with one attached hydrogen (secondary N) is 3. The predicted octanol–water partition coefficient (Wildman–Crippen LogP) is 1.49. The van der Waals surface area contributed by atoms with Gasteiger partial charge < -0.3 is 15.0 Å². The topological polar surface area (TPSA) is 109 Å². The number of anilines is 1. The van der Waals surface area contributed by atoms with E-state index < -0.39 is 0 Å². The predicted molar refractivity (Wildman–Crippen MR) is 109 cm³/mol. The third-order valence-corrected chi connectivity index (χ3v) is 5.34. The lowest BCUT2D eigenvalue weighted by atomic mass is 9.95. The van der Waals surface area contributed by atoms with Gasteiger partial charge in [-0.15, -0.1) is 0 Å². The molecule has 0 radical (unpaired) electrons. The molecule has 9 nitrogen and oxygen atoms in total. The maximum atomic E-state index is 12.4. The zero-order chi connectivity index (χ0) is 19.9. The number of thiocarbonyl (C=S) groups is 1. The van der Waals surface area contributed by atoms with Gasteiger partial charge in [-0.2, -0.15) is 0 Å². The molecule has 3 rings (SSSR count). The van der Waals surface area contributed by atoms with Gasteiger partial charge in [0.05, 0.1) is 11.0 Å². The average molecular weight is 407 g/mol. The monoisotopic (exact) mass is 407 g/mol. The van der Waals surface area contributed by atoms with E-state index in [0.717, 1.165) is 19.4 Å². The van der Waals surface area contributed by atoms with Crippen LogP contribution in [0.1, 0.15) is 25.7 Å². The Morgan fingerprint density at radius 3 is 2.68 bits per heavy atom. The minimum atomic E-state index is -0.372. The highest BCUT2D eigenvalue weighted by molar-refractivity contribution is 7.80. The van der Waals surface area contributed by atoms with E-state index in [4.69, 9.17) is 17.0 Å². The number of carbonyl (C=O) groups is 1.